The number of pyridine rings is 1. The third-order valence-electron chi connectivity index (χ3n) is 7.00. The number of nitrogens with one attached hydrogen (secondary N) is 1. The van der Waals surface area contributed by atoms with Crippen LogP contribution in [-0.4, -0.2) is 47.4 Å². The Labute approximate surface area is 180 Å². The SMILES string of the molecule is O=C(NCc1ccnc(N2CCCCCC2)c1)C1CC(=O)N(C2CCCCCC2)C1. The van der Waals surface area contributed by atoms with Gasteiger partial charge >= 0.3 is 0 Å². The highest BCUT2D eigenvalue weighted by molar-refractivity contribution is 5.89. The molecule has 1 saturated carbocycles. The first-order valence-electron chi connectivity index (χ1n) is 12.0. The Kier molecular flexibility index (Phi) is 7.24. The molecule has 6 nitrogen and oxygen atoms in total. The van der Waals surface area contributed by atoms with Crippen LogP contribution < -0.4 is 10.2 Å². The lowest BCUT2D eigenvalue weighted by molar-refractivity contribution is -0.130. The highest BCUT2D eigenvalue weighted by atomic mass is 16.2. The fourth-order valence-corrected chi connectivity index (χ4v) is 5.21. The number of amides is 2. The van der Waals surface area contributed by atoms with Gasteiger partial charge in [0.15, 0.2) is 0 Å². The molecular formula is C24H36N4O2. The summed E-state index contributed by atoms with van der Waals surface area (Å²) in [5, 5.41) is 3.08. The number of anilines is 1. The summed E-state index contributed by atoms with van der Waals surface area (Å²) in [5.41, 5.74) is 1.07. The number of nitrogens with zero attached hydrogens (tertiary/aromatic N) is 3. The van der Waals surface area contributed by atoms with Crippen LogP contribution in [0.4, 0.5) is 5.82 Å². The zero-order chi connectivity index (χ0) is 20.8. The van der Waals surface area contributed by atoms with Crippen molar-refractivity contribution in [2.24, 2.45) is 5.92 Å². The van der Waals surface area contributed by atoms with Crippen molar-refractivity contribution in [3.05, 3.63) is 23.9 Å². The minimum absolute atomic E-state index is 0.00704. The van der Waals surface area contributed by atoms with Crippen molar-refractivity contribution in [3.63, 3.8) is 0 Å². The van der Waals surface area contributed by atoms with Gasteiger partial charge in [-0.3, -0.25) is 9.59 Å². The summed E-state index contributed by atoms with van der Waals surface area (Å²) in [6.45, 7) is 3.20. The van der Waals surface area contributed by atoms with Gasteiger partial charge in [0.25, 0.3) is 0 Å². The van der Waals surface area contributed by atoms with Gasteiger partial charge in [0.05, 0.1) is 5.92 Å². The van der Waals surface area contributed by atoms with Crippen molar-refractivity contribution in [1.82, 2.24) is 15.2 Å². The van der Waals surface area contributed by atoms with Gasteiger partial charge in [-0.05, 0) is 43.4 Å². The Bertz CT molecular complexity index is 722. The van der Waals surface area contributed by atoms with Crippen molar-refractivity contribution in [1.29, 1.82) is 0 Å². The molecule has 2 aliphatic heterocycles. The Morgan fingerprint density at radius 2 is 1.73 bits per heavy atom. The third kappa shape index (κ3) is 5.32. The van der Waals surface area contributed by atoms with Crippen LogP contribution in [0.3, 0.4) is 0 Å². The zero-order valence-electron chi connectivity index (χ0n) is 18.2. The number of likely N-dealkylation sites (tertiary alicyclic amines) is 1. The van der Waals surface area contributed by atoms with E-state index in [4.69, 9.17) is 0 Å². The smallest absolute Gasteiger partial charge is 0.225 e. The van der Waals surface area contributed by atoms with E-state index in [2.05, 4.69) is 21.3 Å². The average Bonchev–Trinajstić information content (AvgIpc) is 2.99. The fourth-order valence-electron chi connectivity index (χ4n) is 5.21. The van der Waals surface area contributed by atoms with Crippen LogP contribution in [0.15, 0.2) is 18.3 Å². The summed E-state index contributed by atoms with van der Waals surface area (Å²) < 4.78 is 0. The number of rotatable bonds is 5. The molecule has 1 aliphatic carbocycles. The first-order chi connectivity index (χ1) is 14.7. The minimum atomic E-state index is -0.215. The van der Waals surface area contributed by atoms with E-state index in [1.165, 1.54) is 51.4 Å². The molecule has 1 aromatic heterocycles. The summed E-state index contributed by atoms with van der Waals surface area (Å²) in [5.74, 6) is 0.967. The van der Waals surface area contributed by atoms with Crippen molar-refractivity contribution in [2.45, 2.75) is 83.2 Å². The number of hydrogen-bond donors (Lipinski definition) is 1. The first kappa shape index (κ1) is 21.1. The lowest BCUT2D eigenvalue weighted by atomic mass is 10.1. The average molecular weight is 413 g/mol. The normalized spacial score (nSPS) is 23.9. The molecule has 2 amide bonds. The van der Waals surface area contributed by atoms with Gasteiger partial charge in [0.1, 0.15) is 5.82 Å². The highest BCUT2D eigenvalue weighted by Gasteiger charge is 2.37. The molecule has 3 fully saturated rings. The van der Waals surface area contributed by atoms with Gasteiger partial charge in [-0.2, -0.15) is 0 Å². The van der Waals surface area contributed by atoms with E-state index in [0.717, 1.165) is 37.3 Å². The molecule has 0 radical (unpaired) electrons. The Balaban J connectivity index is 1.30. The van der Waals surface area contributed by atoms with Crippen molar-refractivity contribution < 1.29 is 9.59 Å². The number of carbonyl (C=O) groups is 2. The predicted octanol–water partition coefficient (Wildman–Crippen LogP) is 3.65. The molecule has 164 valence electrons. The van der Waals surface area contributed by atoms with Crippen LogP contribution in [-0.2, 0) is 16.1 Å². The summed E-state index contributed by atoms with van der Waals surface area (Å²) in [7, 11) is 0. The number of hydrogen-bond acceptors (Lipinski definition) is 4. The second-order valence-electron chi connectivity index (χ2n) is 9.23. The first-order valence-corrected chi connectivity index (χ1v) is 12.0. The molecule has 6 heteroatoms. The van der Waals surface area contributed by atoms with Gasteiger partial charge in [0.2, 0.25) is 11.8 Å². The zero-order valence-corrected chi connectivity index (χ0v) is 18.2. The van der Waals surface area contributed by atoms with Crippen LogP contribution in [0.5, 0.6) is 0 Å². The molecule has 1 aromatic rings. The fraction of sp³-hybridized carbons (Fsp3) is 0.708. The van der Waals surface area contributed by atoms with Crippen LogP contribution in [0.25, 0.3) is 0 Å². The van der Waals surface area contributed by atoms with Crippen LogP contribution in [0, 0.1) is 5.92 Å². The van der Waals surface area contributed by atoms with E-state index in [0.29, 0.717) is 25.6 Å². The van der Waals surface area contributed by atoms with E-state index in [-0.39, 0.29) is 17.7 Å². The summed E-state index contributed by atoms with van der Waals surface area (Å²) in [4.78, 5) is 34.2. The second kappa shape index (κ2) is 10.3. The number of carbonyl (C=O) groups excluding carboxylic acids is 2. The molecule has 3 aliphatic rings. The molecule has 1 atom stereocenters. The molecule has 30 heavy (non-hydrogen) atoms. The van der Waals surface area contributed by atoms with Crippen molar-refractivity contribution in [3.8, 4) is 0 Å². The van der Waals surface area contributed by atoms with Crippen LogP contribution in [0.2, 0.25) is 0 Å². The van der Waals surface area contributed by atoms with E-state index in [1.807, 2.05) is 17.2 Å². The standard InChI is InChI=1S/C24H36N4O2/c29-23-16-20(18-28(23)21-9-5-1-2-6-10-21)24(30)26-17-19-11-12-25-22(15-19)27-13-7-3-4-8-14-27/h11-12,15,20-21H,1-10,13-14,16-18H2,(H,26,30). The molecule has 0 spiro atoms. The van der Waals surface area contributed by atoms with E-state index < -0.39 is 0 Å². The molecule has 0 aromatic carbocycles. The topological polar surface area (TPSA) is 65.5 Å². The lowest BCUT2D eigenvalue weighted by Crippen LogP contribution is -2.38. The Morgan fingerprint density at radius 1 is 1.03 bits per heavy atom. The molecule has 4 rings (SSSR count). The van der Waals surface area contributed by atoms with E-state index in [1.54, 1.807) is 0 Å². The maximum Gasteiger partial charge on any atom is 0.225 e. The lowest BCUT2D eigenvalue weighted by Gasteiger charge is -2.27. The van der Waals surface area contributed by atoms with Crippen molar-refractivity contribution >= 4 is 17.6 Å². The van der Waals surface area contributed by atoms with Crippen LogP contribution >= 0.6 is 0 Å². The molecule has 0 bridgehead atoms. The van der Waals surface area contributed by atoms with Gasteiger partial charge < -0.3 is 15.1 Å². The Morgan fingerprint density at radius 3 is 2.47 bits per heavy atom. The maximum absolute atomic E-state index is 12.8. The minimum Gasteiger partial charge on any atom is -0.357 e. The monoisotopic (exact) mass is 412 g/mol. The number of aromatic nitrogens is 1. The highest BCUT2D eigenvalue weighted by Crippen LogP contribution is 2.28. The molecule has 3 heterocycles. The van der Waals surface area contributed by atoms with Gasteiger partial charge in [0, 0.05) is 44.8 Å². The van der Waals surface area contributed by atoms with Crippen LogP contribution in [0.1, 0.15) is 76.2 Å². The Hall–Kier alpha value is -2.11. The summed E-state index contributed by atoms with van der Waals surface area (Å²) >= 11 is 0. The maximum atomic E-state index is 12.8. The van der Waals surface area contributed by atoms with Gasteiger partial charge in [-0.15, -0.1) is 0 Å². The molecule has 1 unspecified atom stereocenters. The summed E-state index contributed by atoms with van der Waals surface area (Å²) in [6, 6.07) is 4.41. The molecular weight excluding hydrogens is 376 g/mol. The quantitative estimate of drug-likeness (QED) is 0.750. The predicted molar refractivity (Wildman–Crippen MR) is 118 cm³/mol. The molecule has 1 N–H and O–H groups in total. The molecule has 2 saturated heterocycles. The second-order valence-corrected chi connectivity index (χ2v) is 9.23. The third-order valence-corrected chi connectivity index (χ3v) is 7.00. The van der Waals surface area contributed by atoms with E-state index >= 15 is 0 Å². The summed E-state index contributed by atoms with van der Waals surface area (Å²) in [6.07, 6.45) is 14.4. The largest absolute Gasteiger partial charge is 0.357 e. The van der Waals surface area contributed by atoms with Crippen molar-refractivity contribution in [2.75, 3.05) is 24.5 Å². The van der Waals surface area contributed by atoms with E-state index in [9.17, 15) is 9.59 Å². The van der Waals surface area contributed by atoms with Gasteiger partial charge in [-0.1, -0.05) is 38.5 Å². The van der Waals surface area contributed by atoms with Gasteiger partial charge in [-0.25, -0.2) is 4.98 Å².